The Balaban J connectivity index is 3.28. The van der Waals surface area contributed by atoms with Crippen molar-refractivity contribution in [2.24, 2.45) is 4.52 Å². The summed E-state index contributed by atoms with van der Waals surface area (Å²) in [6.07, 6.45) is 0. The summed E-state index contributed by atoms with van der Waals surface area (Å²) in [7, 11) is -19.6. The van der Waals surface area contributed by atoms with Gasteiger partial charge in [-0.15, -0.1) is 0 Å². The summed E-state index contributed by atoms with van der Waals surface area (Å²) in [6, 6.07) is 0. The average Bonchev–Trinajstić information content (AvgIpc) is 2.18. The van der Waals surface area contributed by atoms with E-state index in [1.807, 2.05) is 5.43 Å². The predicted octanol–water partition coefficient (Wildman–Crippen LogP) is 5.23. The Morgan fingerprint density at radius 3 is 2.50 bits per heavy atom. The first-order valence-corrected chi connectivity index (χ1v) is 9.59. The van der Waals surface area contributed by atoms with Crippen LogP contribution in [-0.4, -0.2) is 15.8 Å². The Bertz CT molecular complexity index is 365. The molecule has 1 heterocycles. The molecule has 0 aromatic heterocycles. The fourth-order valence-corrected chi connectivity index (χ4v) is 7.33. The zero-order chi connectivity index (χ0) is 14.2. The molecule has 1 aliphatic heterocycles. The van der Waals surface area contributed by atoms with Crippen LogP contribution >= 0.6 is 33.1 Å². The van der Waals surface area contributed by atoms with Crippen molar-refractivity contribution >= 4 is 33.1 Å². The zero-order valence-corrected chi connectivity index (χ0v) is 12.2. The van der Waals surface area contributed by atoms with Crippen molar-refractivity contribution < 1.29 is 29.7 Å². The first-order chi connectivity index (χ1) is 7.98. The van der Waals surface area contributed by atoms with Gasteiger partial charge in [-0.3, -0.25) is 0 Å². The Labute approximate surface area is 101 Å². The number of halogens is 7. The van der Waals surface area contributed by atoms with Gasteiger partial charge in [-0.05, 0) is 0 Å². The third kappa shape index (κ3) is 3.70. The molecule has 18 heavy (non-hydrogen) atoms. The minimum atomic E-state index is -8.42. The molecule has 2 atom stereocenters. The van der Waals surface area contributed by atoms with E-state index < -0.39 is 37.7 Å². The number of nitrogens with one attached hydrogen (secondary N) is 2. The molecule has 0 aliphatic carbocycles. The van der Waals surface area contributed by atoms with Gasteiger partial charge in [0.15, 0.2) is 0 Å². The Hall–Kier alpha value is 0.870. The first-order valence-electron chi connectivity index (χ1n) is 4.16. The molecule has 0 aromatic rings. The molecule has 2 unspecified atom stereocenters. The maximum atomic E-state index is 13.3. The van der Waals surface area contributed by atoms with Crippen molar-refractivity contribution in [2.75, 3.05) is 6.54 Å². The van der Waals surface area contributed by atoms with Gasteiger partial charge in [-0.2, -0.15) is 0 Å². The minimum absolute atomic E-state index is 0.102. The molecule has 0 radical (unpaired) electrons. The normalized spacial score (nSPS) is 36.0. The summed E-state index contributed by atoms with van der Waals surface area (Å²) < 4.78 is 90.4. The topological polar surface area (TPSA) is 42.9 Å². The van der Waals surface area contributed by atoms with Gasteiger partial charge in [-0.25, -0.2) is 0 Å². The van der Waals surface area contributed by atoms with Gasteiger partial charge in [0.25, 0.3) is 0 Å². The van der Waals surface area contributed by atoms with E-state index in [9.17, 15) is 29.7 Å². The van der Waals surface area contributed by atoms with Gasteiger partial charge >= 0.3 is 100 Å². The molecule has 5 nitrogen and oxygen atoms in total. The second kappa shape index (κ2) is 5.34. The van der Waals surface area contributed by atoms with Crippen LogP contribution in [0, 0.1) is 0 Å². The molecule has 0 fully saturated rings. The monoisotopic (exact) mass is 359 g/mol. The van der Waals surface area contributed by atoms with Crippen molar-refractivity contribution in [1.82, 2.24) is 19.5 Å². The Morgan fingerprint density at radius 2 is 2.00 bits per heavy atom. The van der Waals surface area contributed by atoms with Crippen LogP contribution in [0.3, 0.4) is 0 Å². The third-order valence-electron chi connectivity index (χ3n) is 1.45. The van der Waals surface area contributed by atoms with E-state index in [-0.39, 0.29) is 11.1 Å². The number of hydrazine groups is 1. The summed E-state index contributed by atoms with van der Waals surface area (Å²) in [5.41, 5.74) is 1.95. The second-order valence-electron chi connectivity index (χ2n) is 2.83. The van der Waals surface area contributed by atoms with Crippen LogP contribution in [0.1, 0.15) is 6.92 Å². The van der Waals surface area contributed by atoms with E-state index in [1.54, 1.807) is 0 Å². The summed E-state index contributed by atoms with van der Waals surface area (Å²) in [6.45, 7) is 1.26. The van der Waals surface area contributed by atoms with E-state index in [1.165, 1.54) is 16.3 Å². The summed E-state index contributed by atoms with van der Waals surface area (Å²) >= 11 is 0. The molecule has 0 spiro atoms. The van der Waals surface area contributed by atoms with Gasteiger partial charge < -0.3 is 0 Å². The molecule has 1 rings (SSSR count). The molecule has 0 saturated heterocycles. The summed E-state index contributed by atoms with van der Waals surface area (Å²) in [5.74, 6) is 0. The quantitative estimate of drug-likeness (QED) is 0.403. The van der Waals surface area contributed by atoms with Gasteiger partial charge in [-0.1, -0.05) is 0 Å². The summed E-state index contributed by atoms with van der Waals surface area (Å²) in [5, 5.41) is 0. The average molecular weight is 359 g/mol. The van der Waals surface area contributed by atoms with Crippen LogP contribution in [0.4, 0.5) is 29.7 Å². The second-order valence-corrected chi connectivity index (χ2v) is 9.80. The number of nitrogens with zero attached hydrogens (tertiary/aromatic N) is 3. The molecule has 2 N–H and O–H groups in total. The standard InChI is InChI=1S/C2H8F7N5P4/c1-2-10-14-15-11-16(4)13(3)18(7,8,9)12-17(14,5)6/h10-11,15H,2H2,1H3. The molecule has 110 valence electrons. The van der Waals surface area contributed by atoms with E-state index in [0.717, 1.165) is 0 Å². The van der Waals surface area contributed by atoms with E-state index in [2.05, 4.69) is 0 Å². The number of hydrogen-bond acceptors (Lipinski definition) is 5. The van der Waals surface area contributed by atoms with Crippen LogP contribution in [0.5, 0.6) is 0 Å². The molecule has 0 aromatic carbocycles. The number of rotatable bonds is 2. The van der Waals surface area contributed by atoms with Crippen molar-refractivity contribution in [3.8, 4) is 0 Å². The van der Waals surface area contributed by atoms with E-state index in [4.69, 9.17) is 0 Å². The number of hydrogen-bond donors (Lipinski definition) is 2. The van der Waals surface area contributed by atoms with Gasteiger partial charge in [0, 0.05) is 0 Å². The SMILES string of the molecule is CCNN1PNP(F)N(F)P(F)(F)(F)N=P1(F)F. The fourth-order valence-electron chi connectivity index (χ4n) is 0.832. The van der Waals surface area contributed by atoms with Gasteiger partial charge in [0.2, 0.25) is 0 Å². The van der Waals surface area contributed by atoms with Gasteiger partial charge in [0.05, 0.1) is 0 Å². The van der Waals surface area contributed by atoms with Crippen molar-refractivity contribution in [3.63, 3.8) is 0 Å². The molecular weight excluding hydrogens is 351 g/mol. The van der Waals surface area contributed by atoms with Crippen molar-refractivity contribution in [1.29, 1.82) is 0 Å². The fraction of sp³-hybridized carbons (Fsp3) is 1.00. The van der Waals surface area contributed by atoms with Crippen LogP contribution < -0.4 is 10.3 Å². The first kappa shape index (κ1) is 16.9. The zero-order valence-electron chi connectivity index (χ0n) is 8.54. The maximum absolute atomic E-state index is 13.3. The predicted molar refractivity (Wildman–Crippen MR) is 59.7 cm³/mol. The molecule has 1 aliphatic rings. The molecule has 16 heteroatoms. The van der Waals surface area contributed by atoms with E-state index in [0.29, 0.717) is 0 Å². The van der Waals surface area contributed by atoms with Crippen molar-refractivity contribution in [2.45, 2.75) is 6.92 Å². The van der Waals surface area contributed by atoms with Crippen LogP contribution in [-0.2, 0) is 0 Å². The summed E-state index contributed by atoms with van der Waals surface area (Å²) in [4.78, 5) is 1.45. The third-order valence-corrected chi connectivity index (χ3v) is 8.73. The van der Waals surface area contributed by atoms with Crippen molar-refractivity contribution in [3.05, 3.63) is 0 Å². The molecule has 0 bridgehead atoms. The van der Waals surface area contributed by atoms with Crippen LogP contribution in [0.2, 0.25) is 0 Å². The molecule has 0 saturated carbocycles. The van der Waals surface area contributed by atoms with Gasteiger partial charge in [0.1, 0.15) is 0 Å². The molecular formula is C2H8F7N5P4. The van der Waals surface area contributed by atoms with Crippen LogP contribution in [0.25, 0.3) is 0 Å². The molecule has 0 amide bonds. The van der Waals surface area contributed by atoms with Crippen LogP contribution in [0.15, 0.2) is 4.52 Å². The van der Waals surface area contributed by atoms with E-state index >= 15 is 0 Å². The Kier molecular flexibility index (Phi) is 5.02. The Morgan fingerprint density at radius 1 is 1.44 bits per heavy atom.